The van der Waals surface area contributed by atoms with Crippen LogP contribution in [0.15, 0.2) is 29.6 Å². The van der Waals surface area contributed by atoms with Crippen LogP contribution >= 0.6 is 11.3 Å². The van der Waals surface area contributed by atoms with Gasteiger partial charge in [0.15, 0.2) is 0 Å². The molecule has 6 nitrogen and oxygen atoms in total. The lowest BCUT2D eigenvalue weighted by Gasteiger charge is -1.98. The predicted octanol–water partition coefficient (Wildman–Crippen LogP) is 2.44. The summed E-state index contributed by atoms with van der Waals surface area (Å²) in [6, 6.07) is 4.93. The zero-order valence-electron chi connectivity index (χ0n) is 8.79. The summed E-state index contributed by atoms with van der Waals surface area (Å²) in [6.07, 6.45) is 0. The van der Waals surface area contributed by atoms with Gasteiger partial charge in [0.25, 0.3) is 5.91 Å². The zero-order valence-corrected chi connectivity index (χ0v) is 9.61. The molecule has 0 aliphatic heterocycles. The third-order valence-electron chi connectivity index (χ3n) is 2.01. The van der Waals surface area contributed by atoms with Crippen molar-refractivity contribution >= 4 is 28.2 Å². The second kappa shape index (κ2) is 4.88. The molecule has 0 aliphatic carbocycles. The number of nitrogens with one attached hydrogen (secondary N) is 1. The van der Waals surface area contributed by atoms with Crippen molar-refractivity contribution in [2.75, 3.05) is 5.32 Å². The van der Waals surface area contributed by atoms with E-state index in [1.165, 1.54) is 17.5 Å². The molecular weight excluding hydrogens is 261 g/mol. The van der Waals surface area contributed by atoms with Crippen molar-refractivity contribution < 1.29 is 14.1 Å². The number of nitro groups is 1. The lowest BCUT2D eigenvalue weighted by molar-refractivity contribution is -0.389. The van der Waals surface area contributed by atoms with E-state index in [9.17, 15) is 19.3 Å². The first-order valence-corrected chi connectivity index (χ1v) is 5.61. The van der Waals surface area contributed by atoms with Gasteiger partial charge >= 0.3 is 10.9 Å². The molecule has 0 spiro atoms. The Morgan fingerprint density at radius 1 is 1.39 bits per heavy atom. The Labute approximate surface area is 104 Å². The minimum Gasteiger partial charge on any atom is -0.358 e. The highest BCUT2D eigenvalue weighted by Gasteiger charge is 2.16. The van der Waals surface area contributed by atoms with Gasteiger partial charge in [-0.05, 0) is 34.2 Å². The largest absolute Gasteiger partial charge is 0.376 e. The molecule has 0 saturated heterocycles. The van der Waals surface area contributed by atoms with E-state index in [0.717, 1.165) is 23.5 Å². The lowest BCUT2D eigenvalue weighted by Crippen LogP contribution is -2.11. The summed E-state index contributed by atoms with van der Waals surface area (Å²) in [6.45, 7) is 0. The standard InChI is InChI=1S/C10H6FN3O3S/c11-7-3-1-6(2-4-7)9(15)13-10-12-8(5-18-10)14(16)17/h1-5H,(H,12,13,15). The van der Waals surface area contributed by atoms with E-state index in [-0.39, 0.29) is 16.5 Å². The van der Waals surface area contributed by atoms with Crippen LogP contribution in [0.25, 0.3) is 0 Å². The van der Waals surface area contributed by atoms with Gasteiger partial charge in [-0.15, -0.1) is 0 Å². The van der Waals surface area contributed by atoms with Crippen LogP contribution in [0.5, 0.6) is 0 Å². The molecule has 18 heavy (non-hydrogen) atoms. The van der Waals surface area contributed by atoms with Crippen LogP contribution in [0.4, 0.5) is 15.3 Å². The fourth-order valence-corrected chi connectivity index (χ4v) is 1.83. The molecule has 0 radical (unpaired) electrons. The fraction of sp³-hybridized carbons (Fsp3) is 0. The normalized spacial score (nSPS) is 10.1. The Balaban J connectivity index is 2.11. The monoisotopic (exact) mass is 267 g/mol. The second-order valence-corrected chi connectivity index (χ2v) is 4.09. The van der Waals surface area contributed by atoms with Crippen molar-refractivity contribution in [2.45, 2.75) is 0 Å². The van der Waals surface area contributed by atoms with Crippen molar-refractivity contribution in [3.63, 3.8) is 0 Å². The lowest BCUT2D eigenvalue weighted by atomic mass is 10.2. The number of nitrogens with zero attached hydrogens (tertiary/aromatic N) is 2. The average molecular weight is 267 g/mol. The summed E-state index contributed by atoms with van der Waals surface area (Å²) in [7, 11) is 0. The molecule has 1 heterocycles. The number of carbonyl (C=O) groups is 1. The summed E-state index contributed by atoms with van der Waals surface area (Å²) in [4.78, 5) is 25.0. The van der Waals surface area contributed by atoms with Gasteiger partial charge in [-0.25, -0.2) is 4.39 Å². The van der Waals surface area contributed by atoms with Crippen LogP contribution in [-0.2, 0) is 0 Å². The molecule has 1 N–H and O–H groups in total. The number of thiazole rings is 1. The quantitative estimate of drug-likeness (QED) is 0.683. The van der Waals surface area contributed by atoms with Crippen LogP contribution in [-0.4, -0.2) is 15.8 Å². The fourth-order valence-electron chi connectivity index (χ4n) is 1.18. The minimum absolute atomic E-state index is 0.121. The number of aromatic nitrogens is 1. The molecule has 1 aromatic heterocycles. The highest BCUT2D eigenvalue weighted by atomic mass is 32.1. The first-order valence-electron chi connectivity index (χ1n) is 4.73. The molecular formula is C10H6FN3O3S. The first-order chi connectivity index (χ1) is 8.56. The number of carbonyl (C=O) groups excluding carboxylic acids is 1. The van der Waals surface area contributed by atoms with Gasteiger partial charge in [-0.2, -0.15) is 0 Å². The topological polar surface area (TPSA) is 85.1 Å². The Bertz CT molecular complexity index is 597. The summed E-state index contributed by atoms with van der Waals surface area (Å²) >= 11 is 0.945. The maximum Gasteiger partial charge on any atom is 0.376 e. The summed E-state index contributed by atoms with van der Waals surface area (Å²) in [5, 5.41) is 14.1. The van der Waals surface area contributed by atoms with Gasteiger partial charge in [0, 0.05) is 5.56 Å². The summed E-state index contributed by atoms with van der Waals surface area (Å²) in [5.74, 6) is -1.27. The number of hydrogen-bond donors (Lipinski definition) is 1. The van der Waals surface area contributed by atoms with Gasteiger partial charge in [0.05, 0.1) is 5.38 Å². The minimum atomic E-state index is -0.649. The number of hydrogen-bond acceptors (Lipinski definition) is 5. The van der Waals surface area contributed by atoms with E-state index in [4.69, 9.17) is 0 Å². The van der Waals surface area contributed by atoms with Crippen molar-refractivity contribution in [3.05, 3.63) is 51.1 Å². The van der Waals surface area contributed by atoms with Gasteiger partial charge in [-0.3, -0.25) is 10.1 Å². The van der Waals surface area contributed by atoms with Crippen molar-refractivity contribution in [1.29, 1.82) is 0 Å². The van der Waals surface area contributed by atoms with Gasteiger partial charge in [-0.1, -0.05) is 11.3 Å². The third kappa shape index (κ3) is 2.66. The molecule has 1 aromatic carbocycles. The van der Waals surface area contributed by atoms with Crippen molar-refractivity contribution in [1.82, 2.24) is 4.98 Å². The SMILES string of the molecule is O=C(Nc1nc([N+](=O)[O-])cs1)c1ccc(F)cc1. The Hall–Kier alpha value is -2.35. The highest BCUT2D eigenvalue weighted by Crippen LogP contribution is 2.21. The number of anilines is 1. The first kappa shape index (κ1) is 12.1. The molecule has 2 aromatic rings. The summed E-state index contributed by atoms with van der Waals surface area (Å²) in [5.41, 5.74) is 0.245. The van der Waals surface area contributed by atoms with Gasteiger partial charge < -0.3 is 10.1 Å². The van der Waals surface area contributed by atoms with Crippen LogP contribution in [0, 0.1) is 15.9 Å². The molecule has 0 fully saturated rings. The number of benzene rings is 1. The Morgan fingerprint density at radius 3 is 2.61 bits per heavy atom. The molecule has 0 unspecified atom stereocenters. The number of halogens is 1. The maximum absolute atomic E-state index is 12.7. The van der Waals surface area contributed by atoms with Crippen LogP contribution in [0.2, 0.25) is 0 Å². The number of amides is 1. The van der Waals surface area contributed by atoms with Gasteiger partial charge in [0.1, 0.15) is 5.82 Å². The molecule has 2 rings (SSSR count). The third-order valence-corrected chi connectivity index (χ3v) is 2.75. The predicted molar refractivity (Wildman–Crippen MR) is 63.1 cm³/mol. The van der Waals surface area contributed by atoms with Crippen molar-refractivity contribution in [3.8, 4) is 0 Å². The molecule has 1 amide bonds. The molecule has 92 valence electrons. The van der Waals surface area contributed by atoms with E-state index >= 15 is 0 Å². The van der Waals surface area contributed by atoms with Crippen LogP contribution < -0.4 is 5.32 Å². The number of rotatable bonds is 3. The van der Waals surface area contributed by atoms with Gasteiger partial charge in [0.2, 0.25) is 0 Å². The van der Waals surface area contributed by atoms with E-state index in [2.05, 4.69) is 10.3 Å². The second-order valence-electron chi connectivity index (χ2n) is 3.23. The van der Waals surface area contributed by atoms with E-state index in [0.29, 0.717) is 0 Å². The Kier molecular flexibility index (Phi) is 3.28. The van der Waals surface area contributed by atoms with E-state index < -0.39 is 16.6 Å². The molecule has 0 atom stereocenters. The molecule has 0 bridgehead atoms. The molecule has 0 aliphatic rings. The van der Waals surface area contributed by atoms with Crippen molar-refractivity contribution in [2.24, 2.45) is 0 Å². The highest BCUT2D eigenvalue weighted by molar-refractivity contribution is 7.14. The molecule has 0 saturated carbocycles. The molecule has 8 heteroatoms. The van der Waals surface area contributed by atoms with E-state index in [1.807, 2.05) is 0 Å². The Morgan fingerprint density at radius 2 is 2.06 bits per heavy atom. The van der Waals surface area contributed by atoms with E-state index in [1.54, 1.807) is 0 Å². The maximum atomic E-state index is 12.7. The summed E-state index contributed by atoms with van der Waals surface area (Å²) < 4.78 is 12.7. The van der Waals surface area contributed by atoms with Crippen LogP contribution in [0.1, 0.15) is 10.4 Å². The average Bonchev–Trinajstić information content (AvgIpc) is 2.78. The zero-order chi connectivity index (χ0) is 13.1. The van der Waals surface area contributed by atoms with Crippen LogP contribution in [0.3, 0.4) is 0 Å². The smallest absolute Gasteiger partial charge is 0.358 e.